The number of aryl methyl sites for hydroxylation is 2. The number of carbonyl (C=O) groups is 2. The number of thiophene rings is 1. The van der Waals surface area contributed by atoms with Crippen LogP contribution in [0.3, 0.4) is 0 Å². The van der Waals surface area contributed by atoms with Crippen LogP contribution in [0.1, 0.15) is 71.4 Å². The summed E-state index contributed by atoms with van der Waals surface area (Å²) in [4.78, 5) is 26.9. The van der Waals surface area contributed by atoms with Crippen LogP contribution in [-0.4, -0.2) is 38.5 Å². The van der Waals surface area contributed by atoms with Crippen molar-refractivity contribution in [1.29, 1.82) is 0 Å². The Morgan fingerprint density at radius 3 is 2.73 bits per heavy atom. The van der Waals surface area contributed by atoms with Gasteiger partial charge in [0.05, 0.1) is 17.4 Å². The lowest BCUT2D eigenvalue weighted by atomic mass is 9.95. The van der Waals surface area contributed by atoms with E-state index >= 15 is 0 Å². The Hall–Kier alpha value is -2.85. The SMILES string of the molecule is CCn1c(COc2cccc(C)c2C)nnc1SCC(=O)Nc1sc2c(c1C(=O)OC(C)C)CCCC2. The van der Waals surface area contributed by atoms with Gasteiger partial charge in [-0.15, -0.1) is 21.5 Å². The minimum absolute atomic E-state index is 0.150. The molecule has 8 nitrogen and oxygen atoms in total. The Labute approximate surface area is 226 Å². The van der Waals surface area contributed by atoms with Crippen molar-refractivity contribution in [2.24, 2.45) is 0 Å². The first kappa shape index (κ1) is 27.2. The zero-order valence-electron chi connectivity index (χ0n) is 22.1. The molecule has 0 bridgehead atoms. The first-order chi connectivity index (χ1) is 17.8. The molecule has 37 heavy (non-hydrogen) atoms. The molecular formula is C27H34N4O4S2. The fourth-order valence-corrected chi connectivity index (χ4v) is 6.42. The number of anilines is 1. The fourth-order valence-electron chi connectivity index (χ4n) is 4.31. The molecule has 0 aliphatic heterocycles. The van der Waals surface area contributed by atoms with Gasteiger partial charge in [-0.1, -0.05) is 23.9 Å². The average molecular weight is 543 g/mol. The maximum Gasteiger partial charge on any atom is 0.341 e. The lowest BCUT2D eigenvalue weighted by Gasteiger charge is -2.14. The molecule has 0 spiro atoms. The molecule has 0 saturated carbocycles. The predicted octanol–water partition coefficient (Wildman–Crippen LogP) is 5.73. The Bertz CT molecular complexity index is 1280. The van der Waals surface area contributed by atoms with Crippen LogP contribution < -0.4 is 10.1 Å². The van der Waals surface area contributed by atoms with Gasteiger partial charge in [0.2, 0.25) is 5.91 Å². The summed E-state index contributed by atoms with van der Waals surface area (Å²) in [6.45, 7) is 10.7. The predicted molar refractivity (Wildman–Crippen MR) is 147 cm³/mol. The standard InChI is InChI=1S/C27H34N4O4S2/c1-6-31-22(14-34-20-12-9-10-17(4)18(20)5)29-30-27(31)36-15-23(32)28-25-24(26(33)35-16(2)3)19-11-7-8-13-21(19)37-25/h9-10,12,16H,6-8,11,13-15H2,1-5H3,(H,28,32). The molecular weight excluding hydrogens is 508 g/mol. The number of ether oxygens (including phenoxy) is 2. The summed E-state index contributed by atoms with van der Waals surface area (Å²) < 4.78 is 13.5. The number of esters is 1. The lowest BCUT2D eigenvalue weighted by molar-refractivity contribution is -0.113. The summed E-state index contributed by atoms with van der Waals surface area (Å²) in [6, 6.07) is 5.97. The second-order valence-electron chi connectivity index (χ2n) is 9.34. The molecule has 0 unspecified atom stereocenters. The smallest absolute Gasteiger partial charge is 0.341 e. The van der Waals surface area contributed by atoms with Crippen molar-refractivity contribution in [2.75, 3.05) is 11.1 Å². The van der Waals surface area contributed by atoms with E-state index in [-0.39, 0.29) is 23.7 Å². The van der Waals surface area contributed by atoms with Gasteiger partial charge in [0.15, 0.2) is 11.0 Å². The molecule has 0 atom stereocenters. The Kier molecular flexibility index (Phi) is 8.91. The molecule has 0 fully saturated rings. The zero-order valence-corrected chi connectivity index (χ0v) is 23.7. The van der Waals surface area contributed by atoms with Gasteiger partial charge >= 0.3 is 5.97 Å². The van der Waals surface area contributed by atoms with Crippen molar-refractivity contribution in [3.05, 3.63) is 51.2 Å². The van der Waals surface area contributed by atoms with Crippen molar-refractivity contribution < 1.29 is 19.1 Å². The van der Waals surface area contributed by atoms with E-state index in [1.54, 1.807) is 0 Å². The molecule has 2 aromatic heterocycles. The molecule has 1 N–H and O–H groups in total. The molecule has 1 aliphatic rings. The molecule has 198 valence electrons. The van der Waals surface area contributed by atoms with Crippen LogP contribution in [0.15, 0.2) is 23.4 Å². The number of thioether (sulfide) groups is 1. The van der Waals surface area contributed by atoms with Gasteiger partial charge in [0.1, 0.15) is 17.4 Å². The number of benzene rings is 1. The average Bonchev–Trinajstić information content (AvgIpc) is 3.43. The van der Waals surface area contributed by atoms with Crippen molar-refractivity contribution in [3.8, 4) is 5.75 Å². The third-order valence-electron chi connectivity index (χ3n) is 6.32. The van der Waals surface area contributed by atoms with Crippen LogP contribution in [-0.2, 0) is 35.5 Å². The number of hydrogen-bond donors (Lipinski definition) is 1. The van der Waals surface area contributed by atoms with Crippen LogP contribution in [0.2, 0.25) is 0 Å². The van der Waals surface area contributed by atoms with Crippen LogP contribution in [0.4, 0.5) is 5.00 Å². The van der Waals surface area contributed by atoms with E-state index in [1.807, 2.05) is 44.4 Å². The Morgan fingerprint density at radius 2 is 1.97 bits per heavy atom. The van der Waals surface area contributed by atoms with Crippen molar-refractivity contribution in [1.82, 2.24) is 14.8 Å². The lowest BCUT2D eigenvalue weighted by Crippen LogP contribution is -2.19. The summed E-state index contributed by atoms with van der Waals surface area (Å²) in [5.41, 5.74) is 3.82. The molecule has 1 amide bonds. The third kappa shape index (κ3) is 6.35. The molecule has 10 heteroatoms. The van der Waals surface area contributed by atoms with Crippen molar-refractivity contribution >= 4 is 40.0 Å². The van der Waals surface area contributed by atoms with Gasteiger partial charge in [0.25, 0.3) is 0 Å². The number of amides is 1. The molecule has 4 rings (SSSR count). The Morgan fingerprint density at radius 1 is 1.19 bits per heavy atom. The number of aromatic nitrogens is 3. The van der Waals surface area contributed by atoms with Crippen LogP contribution >= 0.6 is 23.1 Å². The number of rotatable bonds is 10. The largest absolute Gasteiger partial charge is 0.485 e. The fraction of sp³-hybridized carbons (Fsp3) is 0.481. The maximum absolute atomic E-state index is 12.9. The maximum atomic E-state index is 12.9. The molecule has 2 heterocycles. The normalized spacial score (nSPS) is 12.9. The van der Waals surface area contributed by atoms with E-state index in [1.165, 1.54) is 33.5 Å². The molecule has 1 aliphatic carbocycles. The number of fused-ring (bicyclic) bond motifs is 1. The van der Waals surface area contributed by atoms with Crippen molar-refractivity contribution in [3.63, 3.8) is 0 Å². The number of nitrogens with zero attached hydrogens (tertiary/aromatic N) is 3. The van der Waals surface area contributed by atoms with E-state index in [4.69, 9.17) is 9.47 Å². The van der Waals surface area contributed by atoms with E-state index in [0.717, 1.165) is 42.6 Å². The number of hydrogen-bond acceptors (Lipinski definition) is 8. The monoisotopic (exact) mass is 542 g/mol. The van der Waals surface area contributed by atoms with Crippen LogP contribution in [0.25, 0.3) is 0 Å². The van der Waals surface area contributed by atoms with Gasteiger partial charge in [-0.2, -0.15) is 0 Å². The minimum Gasteiger partial charge on any atom is -0.485 e. The highest BCUT2D eigenvalue weighted by atomic mass is 32.2. The first-order valence-electron chi connectivity index (χ1n) is 12.7. The topological polar surface area (TPSA) is 95.3 Å². The second-order valence-corrected chi connectivity index (χ2v) is 11.4. The second kappa shape index (κ2) is 12.1. The highest BCUT2D eigenvalue weighted by Gasteiger charge is 2.28. The van der Waals surface area contributed by atoms with E-state index < -0.39 is 0 Å². The highest BCUT2D eigenvalue weighted by molar-refractivity contribution is 7.99. The van der Waals surface area contributed by atoms with E-state index in [9.17, 15) is 9.59 Å². The first-order valence-corrected chi connectivity index (χ1v) is 14.5. The highest BCUT2D eigenvalue weighted by Crippen LogP contribution is 2.39. The van der Waals surface area contributed by atoms with Gasteiger partial charge in [0, 0.05) is 11.4 Å². The summed E-state index contributed by atoms with van der Waals surface area (Å²) in [7, 11) is 0. The van der Waals surface area contributed by atoms with Crippen molar-refractivity contribution in [2.45, 2.75) is 84.7 Å². The summed E-state index contributed by atoms with van der Waals surface area (Å²) in [6.07, 6.45) is 3.68. The van der Waals surface area contributed by atoms with E-state index in [2.05, 4.69) is 28.5 Å². The summed E-state index contributed by atoms with van der Waals surface area (Å²) in [5, 5.41) is 12.8. The Balaban J connectivity index is 1.42. The molecule has 0 radical (unpaired) electrons. The number of nitrogens with one attached hydrogen (secondary N) is 1. The van der Waals surface area contributed by atoms with E-state index in [0.29, 0.717) is 34.7 Å². The minimum atomic E-state index is -0.364. The molecule has 0 saturated heterocycles. The van der Waals surface area contributed by atoms with Crippen LogP contribution in [0, 0.1) is 13.8 Å². The quantitative estimate of drug-likeness (QED) is 0.258. The summed E-state index contributed by atoms with van der Waals surface area (Å²) >= 11 is 2.81. The van der Waals surface area contributed by atoms with Gasteiger partial charge in [-0.05, 0) is 83.1 Å². The van der Waals surface area contributed by atoms with Gasteiger partial charge in [-0.3, -0.25) is 4.79 Å². The third-order valence-corrected chi connectivity index (χ3v) is 8.50. The summed E-state index contributed by atoms with van der Waals surface area (Å²) in [5.74, 6) is 1.12. The molecule has 1 aromatic carbocycles. The van der Waals surface area contributed by atoms with Crippen LogP contribution in [0.5, 0.6) is 5.75 Å². The number of carbonyl (C=O) groups excluding carboxylic acids is 2. The van der Waals surface area contributed by atoms with Gasteiger partial charge < -0.3 is 19.4 Å². The molecule has 3 aromatic rings. The van der Waals surface area contributed by atoms with Gasteiger partial charge in [-0.25, -0.2) is 4.79 Å². The zero-order chi connectivity index (χ0) is 26.5.